The molecule has 0 aliphatic rings. The molecule has 0 radical (unpaired) electrons. The van der Waals surface area contributed by atoms with E-state index in [-0.39, 0.29) is 0 Å². The van der Waals surface area contributed by atoms with E-state index in [0.717, 1.165) is 0 Å². The highest BCUT2D eigenvalue weighted by Crippen LogP contribution is 2.35. The summed E-state index contributed by atoms with van der Waals surface area (Å²) >= 11 is 0. The molecule has 0 aliphatic heterocycles. The highest BCUT2D eigenvalue weighted by Gasteiger charge is 2.19. The molecule has 0 bridgehead atoms. The minimum Gasteiger partial charge on any atom is -0.480 e. The van der Waals surface area contributed by atoms with Gasteiger partial charge in [-0.15, -0.1) is 0 Å². The maximum atomic E-state index is 10.2. The molecule has 0 aliphatic carbocycles. The first-order valence-electron chi connectivity index (χ1n) is 5.20. The molecule has 13 heteroatoms. The van der Waals surface area contributed by atoms with Crippen molar-refractivity contribution in [1.82, 2.24) is 5.32 Å². The molecule has 0 aromatic carbocycles. The Morgan fingerprint density at radius 2 is 1.71 bits per heavy atom. The zero-order chi connectivity index (χ0) is 17.2. The second kappa shape index (κ2) is 10.2. The summed E-state index contributed by atoms with van der Waals surface area (Å²) in [4.78, 5) is 46.5. The van der Waals surface area contributed by atoms with Crippen molar-refractivity contribution in [3.8, 4) is 0 Å². The van der Waals surface area contributed by atoms with Crippen LogP contribution in [0.2, 0.25) is 0 Å². The van der Waals surface area contributed by atoms with Gasteiger partial charge >= 0.3 is 19.8 Å². The van der Waals surface area contributed by atoms with Crippen LogP contribution in [-0.4, -0.2) is 68.2 Å². The van der Waals surface area contributed by atoms with Crippen molar-refractivity contribution in [3.63, 3.8) is 0 Å². The third-order valence-electron chi connectivity index (χ3n) is 1.60. The lowest BCUT2D eigenvalue weighted by atomic mass is 10.3. The highest BCUT2D eigenvalue weighted by molar-refractivity contribution is 7.46. The molecule has 0 aromatic rings. The van der Waals surface area contributed by atoms with Crippen LogP contribution in [0.25, 0.3) is 0 Å². The Hall–Kier alpha value is -1.56. The number of hydrogen-bond donors (Lipinski definition) is 7. The first-order chi connectivity index (χ1) is 9.40. The highest BCUT2D eigenvalue weighted by atomic mass is 31.2. The molecule has 0 fully saturated rings. The Labute approximate surface area is 118 Å². The van der Waals surface area contributed by atoms with Gasteiger partial charge < -0.3 is 36.2 Å². The number of phosphoric acid groups is 1. The van der Waals surface area contributed by atoms with E-state index in [4.69, 9.17) is 30.8 Å². The second-order valence-electron chi connectivity index (χ2n) is 3.50. The largest absolute Gasteiger partial charge is 0.480 e. The maximum Gasteiger partial charge on any atom is 0.469 e. The normalized spacial score (nSPS) is 13.4. The molecule has 0 rings (SSSR count). The number of carbonyl (C=O) groups excluding carboxylic acids is 1. The van der Waals surface area contributed by atoms with E-state index in [2.05, 4.69) is 4.52 Å². The molecule has 21 heavy (non-hydrogen) atoms. The van der Waals surface area contributed by atoms with Gasteiger partial charge in [0, 0.05) is 6.92 Å². The zero-order valence-corrected chi connectivity index (χ0v) is 11.8. The third kappa shape index (κ3) is 14.7. The average molecular weight is 332 g/mol. The van der Waals surface area contributed by atoms with Gasteiger partial charge in [-0.1, -0.05) is 0 Å². The van der Waals surface area contributed by atoms with Gasteiger partial charge in [0.1, 0.15) is 12.1 Å². The van der Waals surface area contributed by atoms with Crippen LogP contribution in [0.1, 0.15) is 6.92 Å². The van der Waals surface area contributed by atoms with E-state index < -0.39 is 51.0 Å². The van der Waals surface area contributed by atoms with Crippen molar-refractivity contribution in [2.75, 3.05) is 13.2 Å². The van der Waals surface area contributed by atoms with Crippen molar-refractivity contribution < 1.29 is 48.6 Å². The van der Waals surface area contributed by atoms with Gasteiger partial charge in [-0.05, 0) is 0 Å². The lowest BCUT2D eigenvalue weighted by molar-refractivity contribution is -0.142. The summed E-state index contributed by atoms with van der Waals surface area (Å²) in [6.45, 7) is -0.111. The number of hydrogen-bond acceptors (Lipinski definition) is 7. The molecule has 12 nitrogen and oxygen atoms in total. The number of rotatable bonds is 7. The lowest BCUT2D eigenvalue weighted by Gasteiger charge is -2.08. The lowest BCUT2D eigenvalue weighted by Crippen LogP contribution is -2.42. The number of carbonyl (C=O) groups is 3. The zero-order valence-electron chi connectivity index (χ0n) is 10.9. The summed E-state index contributed by atoms with van der Waals surface area (Å²) in [5, 5.41) is 26.8. The van der Waals surface area contributed by atoms with Crippen LogP contribution in [0.5, 0.6) is 0 Å². The SMILES string of the molecule is CC(=O)N[C@@H](CO)C(=O)O.N[C@@H](COP(=O)(O)O)C(=O)O. The molecule has 0 spiro atoms. The summed E-state index contributed by atoms with van der Waals surface area (Å²) in [6.07, 6.45) is 0. The molecule has 0 unspecified atom stereocenters. The predicted molar refractivity (Wildman–Crippen MR) is 65.9 cm³/mol. The number of aliphatic carboxylic acids is 2. The molecular formula is C8H17N2O10P. The quantitative estimate of drug-likeness (QED) is 0.234. The number of nitrogens with one attached hydrogen (secondary N) is 1. The van der Waals surface area contributed by atoms with E-state index in [1.165, 1.54) is 6.92 Å². The minimum atomic E-state index is -4.60. The Morgan fingerprint density at radius 1 is 1.24 bits per heavy atom. The third-order valence-corrected chi connectivity index (χ3v) is 2.08. The monoisotopic (exact) mass is 332 g/mol. The van der Waals surface area contributed by atoms with Crippen molar-refractivity contribution in [3.05, 3.63) is 0 Å². The van der Waals surface area contributed by atoms with E-state index in [1.54, 1.807) is 0 Å². The number of nitrogens with two attached hydrogens (primary N) is 1. The van der Waals surface area contributed by atoms with Crippen LogP contribution < -0.4 is 11.1 Å². The van der Waals surface area contributed by atoms with Crippen molar-refractivity contribution in [2.24, 2.45) is 5.73 Å². The summed E-state index contributed by atoms with van der Waals surface area (Å²) < 4.78 is 13.8. The topological polar surface area (TPSA) is 217 Å². The fourth-order valence-corrected chi connectivity index (χ4v) is 1.03. The molecule has 0 aromatic heterocycles. The number of phosphoric ester groups is 1. The van der Waals surface area contributed by atoms with Crippen molar-refractivity contribution >= 4 is 25.7 Å². The smallest absolute Gasteiger partial charge is 0.469 e. The summed E-state index contributed by atoms with van der Waals surface area (Å²) in [6, 6.07) is -2.60. The second-order valence-corrected chi connectivity index (χ2v) is 4.74. The number of aliphatic hydroxyl groups is 1. The molecule has 0 heterocycles. The molecule has 0 saturated heterocycles. The molecule has 8 N–H and O–H groups in total. The number of amides is 1. The van der Waals surface area contributed by atoms with Gasteiger partial charge in [0.2, 0.25) is 5.91 Å². The summed E-state index contributed by atoms with van der Waals surface area (Å²) in [5.41, 5.74) is 4.86. The molecule has 2 atom stereocenters. The van der Waals surface area contributed by atoms with Gasteiger partial charge in [-0.25, -0.2) is 9.36 Å². The number of carboxylic acids is 2. The standard InChI is InChI=1S/C5H9NO4.C3H8NO6P/c1-3(8)6-4(2-7)5(9)10;4-2(3(5)6)1-10-11(7,8)9/h4,7H,2H2,1H3,(H,6,8)(H,9,10);2H,1,4H2,(H,5,6)(H2,7,8,9)/t4-;2-/m00/s1. The Bertz CT molecular complexity index is 408. The van der Waals surface area contributed by atoms with Crippen LogP contribution in [-0.2, 0) is 23.5 Å². The van der Waals surface area contributed by atoms with Crippen LogP contribution >= 0.6 is 7.82 Å². The van der Waals surface area contributed by atoms with Gasteiger partial charge in [-0.2, -0.15) is 0 Å². The van der Waals surface area contributed by atoms with E-state index in [9.17, 15) is 18.9 Å². The summed E-state index contributed by atoms with van der Waals surface area (Å²) in [5.74, 6) is -3.09. The fourth-order valence-electron chi connectivity index (χ4n) is 0.680. The van der Waals surface area contributed by atoms with Crippen LogP contribution in [0, 0.1) is 0 Å². The van der Waals surface area contributed by atoms with E-state index >= 15 is 0 Å². The first kappa shape index (κ1) is 21.7. The van der Waals surface area contributed by atoms with Crippen LogP contribution in [0.4, 0.5) is 0 Å². The Balaban J connectivity index is 0. The average Bonchev–Trinajstić information content (AvgIpc) is 2.32. The first-order valence-corrected chi connectivity index (χ1v) is 6.73. The maximum absolute atomic E-state index is 10.2. The molecule has 124 valence electrons. The number of aliphatic hydroxyl groups excluding tert-OH is 1. The predicted octanol–water partition coefficient (Wildman–Crippen LogP) is -2.92. The van der Waals surface area contributed by atoms with Crippen LogP contribution in [0.3, 0.4) is 0 Å². The number of carboxylic acid groups (broad SMARTS) is 2. The molecule has 1 amide bonds. The van der Waals surface area contributed by atoms with E-state index in [1.807, 2.05) is 5.32 Å². The molecular weight excluding hydrogens is 315 g/mol. The Morgan fingerprint density at radius 3 is 1.90 bits per heavy atom. The van der Waals surface area contributed by atoms with Gasteiger partial charge in [-0.3, -0.25) is 14.1 Å². The van der Waals surface area contributed by atoms with E-state index in [0.29, 0.717) is 0 Å². The van der Waals surface area contributed by atoms with Crippen molar-refractivity contribution in [1.29, 1.82) is 0 Å². The summed E-state index contributed by atoms with van der Waals surface area (Å²) in [7, 11) is -4.60. The molecule has 0 saturated carbocycles. The van der Waals surface area contributed by atoms with Crippen LogP contribution in [0.15, 0.2) is 0 Å². The fraction of sp³-hybridized carbons (Fsp3) is 0.625. The van der Waals surface area contributed by atoms with Gasteiger partial charge in [0.25, 0.3) is 0 Å². The minimum absolute atomic E-state index is 0.471. The van der Waals surface area contributed by atoms with Gasteiger partial charge in [0.05, 0.1) is 13.2 Å². The van der Waals surface area contributed by atoms with Crippen molar-refractivity contribution in [2.45, 2.75) is 19.0 Å². The van der Waals surface area contributed by atoms with Gasteiger partial charge in [0.15, 0.2) is 0 Å². The Kier molecular flexibility index (Phi) is 10.6.